The lowest BCUT2D eigenvalue weighted by Gasteiger charge is -2.10. The molecule has 118 valence electrons. The molecule has 0 aliphatic carbocycles. The largest absolute Gasteiger partial charge is 0.484 e. The average molecular weight is 348 g/mol. The SMILES string of the molecule is Cc1cc(C)cc(OCC(=O)Nc2c(Cl)ccc3nsnc23)c1. The van der Waals surface area contributed by atoms with Gasteiger partial charge in [0, 0.05) is 0 Å². The molecular formula is C16H14ClN3O2S. The van der Waals surface area contributed by atoms with Crippen LogP contribution < -0.4 is 10.1 Å². The number of hydrogen-bond acceptors (Lipinski definition) is 5. The van der Waals surface area contributed by atoms with Crippen molar-refractivity contribution in [2.45, 2.75) is 13.8 Å². The van der Waals surface area contributed by atoms with Gasteiger partial charge < -0.3 is 10.1 Å². The molecule has 0 saturated carbocycles. The Kier molecular flexibility index (Phi) is 4.45. The van der Waals surface area contributed by atoms with Crippen molar-refractivity contribution in [1.29, 1.82) is 0 Å². The van der Waals surface area contributed by atoms with Gasteiger partial charge in [0.2, 0.25) is 0 Å². The van der Waals surface area contributed by atoms with Gasteiger partial charge in [-0.1, -0.05) is 17.7 Å². The first-order valence-corrected chi connectivity index (χ1v) is 8.05. The highest BCUT2D eigenvalue weighted by Gasteiger charge is 2.13. The van der Waals surface area contributed by atoms with E-state index in [9.17, 15) is 4.79 Å². The minimum Gasteiger partial charge on any atom is -0.484 e. The van der Waals surface area contributed by atoms with Gasteiger partial charge >= 0.3 is 0 Å². The van der Waals surface area contributed by atoms with Crippen molar-refractivity contribution in [3.8, 4) is 5.75 Å². The van der Waals surface area contributed by atoms with Crippen molar-refractivity contribution in [3.63, 3.8) is 0 Å². The second-order valence-corrected chi connectivity index (χ2v) is 6.15. The van der Waals surface area contributed by atoms with E-state index in [1.807, 2.05) is 32.0 Å². The van der Waals surface area contributed by atoms with Gasteiger partial charge in [0.15, 0.2) is 6.61 Å². The molecule has 3 rings (SSSR count). The highest BCUT2D eigenvalue weighted by atomic mass is 35.5. The van der Waals surface area contributed by atoms with E-state index in [2.05, 4.69) is 14.1 Å². The molecule has 2 aromatic carbocycles. The van der Waals surface area contributed by atoms with Crippen molar-refractivity contribution in [1.82, 2.24) is 8.75 Å². The fourth-order valence-corrected chi connectivity index (χ4v) is 3.03. The number of rotatable bonds is 4. The van der Waals surface area contributed by atoms with Gasteiger partial charge in [0.25, 0.3) is 5.91 Å². The fraction of sp³-hybridized carbons (Fsp3) is 0.188. The lowest BCUT2D eigenvalue weighted by molar-refractivity contribution is -0.118. The normalized spacial score (nSPS) is 10.7. The molecule has 3 aromatic rings. The summed E-state index contributed by atoms with van der Waals surface area (Å²) < 4.78 is 13.8. The number of nitrogens with one attached hydrogen (secondary N) is 1. The summed E-state index contributed by atoms with van der Waals surface area (Å²) in [5, 5.41) is 3.17. The van der Waals surface area contributed by atoms with Crippen molar-refractivity contribution < 1.29 is 9.53 Å². The van der Waals surface area contributed by atoms with Gasteiger partial charge in [-0.15, -0.1) is 0 Å². The van der Waals surface area contributed by atoms with Crippen molar-refractivity contribution in [2.24, 2.45) is 0 Å². The highest BCUT2D eigenvalue weighted by Crippen LogP contribution is 2.29. The summed E-state index contributed by atoms with van der Waals surface area (Å²) >= 11 is 7.22. The molecule has 0 bridgehead atoms. The first kappa shape index (κ1) is 15.7. The zero-order valence-electron chi connectivity index (χ0n) is 12.6. The van der Waals surface area contributed by atoms with Gasteiger partial charge in [-0.3, -0.25) is 4.79 Å². The average Bonchev–Trinajstić information content (AvgIpc) is 2.96. The number of carbonyl (C=O) groups excluding carboxylic acids is 1. The van der Waals surface area contributed by atoms with Crippen molar-refractivity contribution >= 4 is 46.0 Å². The predicted octanol–water partition coefficient (Wildman–Crippen LogP) is 3.98. The predicted molar refractivity (Wildman–Crippen MR) is 92.5 cm³/mol. The van der Waals surface area contributed by atoms with E-state index < -0.39 is 0 Å². The molecule has 23 heavy (non-hydrogen) atoms. The number of halogens is 1. The van der Waals surface area contributed by atoms with Crippen LogP contribution in [0.4, 0.5) is 5.69 Å². The molecular weight excluding hydrogens is 334 g/mol. The Balaban J connectivity index is 1.71. The molecule has 0 aliphatic rings. The molecule has 0 aliphatic heterocycles. The molecule has 1 amide bonds. The molecule has 7 heteroatoms. The summed E-state index contributed by atoms with van der Waals surface area (Å²) in [6.07, 6.45) is 0. The fourth-order valence-electron chi connectivity index (χ4n) is 2.29. The molecule has 0 atom stereocenters. The van der Waals surface area contributed by atoms with Crippen LogP contribution in [-0.2, 0) is 4.79 Å². The molecule has 0 fully saturated rings. The summed E-state index contributed by atoms with van der Waals surface area (Å²) in [6, 6.07) is 9.27. The Morgan fingerprint density at radius 3 is 2.70 bits per heavy atom. The van der Waals surface area contributed by atoms with E-state index >= 15 is 0 Å². The van der Waals surface area contributed by atoms with Gasteiger partial charge in [-0.25, -0.2) is 0 Å². The Labute approximate surface area is 142 Å². The zero-order chi connectivity index (χ0) is 16.4. The minimum atomic E-state index is -0.299. The third-order valence-electron chi connectivity index (χ3n) is 3.21. The topological polar surface area (TPSA) is 64.1 Å². The third-order valence-corrected chi connectivity index (χ3v) is 4.06. The molecule has 5 nitrogen and oxygen atoms in total. The Bertz CT molecular complexity index is 859. The molecule has 0 saturated heterocycles. The number of nitrogens with zero attached hydrogens (tertiary/aromatic N) is 2. The lowest BCUT2D eigenvalue weighted by atomic mass is 10.1. The van der Waals surface area contributed by atoms with E-state index in [1.54, 1.807) is 12.1 Å². The summed E-state index contributed by atoms with van der Waals surface area (Å²) in [7, 11) is 0. The van der Waals surface area contributed by atoms with E-state index in [0.717, 1.165) is 22.9 Å². The van der Waals surface area contributed by atoms with Crippen molar-refractivity contribution in [2.75, 3.05) is 11.9 Å². The number of anilines is 1. The lowest BCUT2D eigenvalue weighted by Crippen LogP contribution is -2.20. The van der Waals surface area contributed by atoms with Gasteiger partial charge in [-0.05, 0) is 49.2 Å². The zero-order valence-corrected chi connectivity index (χ0v) is 14.2. The van der Waals surface area contributed by atoms with Crippen LogP contribution in [0, 0.1) is 13.8 Å². The summed E-state index contributed by atoms with van der Waals surface area (Å²) in [4.78, 5) is 12.1. The van der Waals surface area contributed by atoms with Crippen LogP contribution in [0.25, 0.3) is 11.0 Å². The monoisotopic (exact) mass is 347 g/mol. The standard InChI is InChI=1S/C16H14ClN3O2S/c1-9-5-10(2)7-11(6-9)22-8-14(21)18-15-12(17)3-4-13-16(15)20-23-19-13/h3-7H,8H2,1-2H3,(H,18,21). The first-order valence-electron chi connectivity index (χ1n) is 6.94. The molecule has 0 spiro atoms. The quantitative estimate of drug-likeness (QED) is 0.775. The number of fused-ring (bicyclic) bond motifs is 1. The molecule has 1 N–H and O–H groups in total. The number of hydrogen-bond donors (Lipinski definition) is 1. The van der Waals surface area contributed by atoms with E-state index in [4.69, 9.17) is 16.3 Å². The number of ether oxygens (including phenoxy) is 1. The summed E-state index contributed by atoms with van der Waals surface area (Å²) in [5.74, 6) is 0.365. The van der Waals surface area contributed by atoms with Crippen molar-refractivity contribution in [3.05, 3.63) is 46.5 Å². The number of carbonyl (C=O) groups is 1. The summed E-state index contributed by atoms with van der Waals surface area (Å²) in [6.45, 7) is 3.86. The number of amides is 1. The Morgan fingerprint density at radius 1 is 1.22 bits per heavy atom. The number of aryl methyl sites for hydroxylation is 2. The van der Waals surface area contributed by atoms with Crippen LogP contribution in [0.15, 0.2) is 30.3 Å². The maximum atomic E-state index is 12.1. The van der Waals surface area contributed by atoms with Gasteiger partial charge in [-0.2, -0.15) is 8.75 Å². The summed E-state index contributed by atoms with van der Waals surface area (Å²) in [5.41, 5.74) is 3.92. The maximum Gasteiger partial charge on any atom is 0.262 e. The van der Waals surface area contributed by atoms with Crippen LogP contribution in [-0.4, -0.2) is 21.3 Å². The molecule has 1 aromatic heterocycles. The second-order valence-electron chi connectivity index (χ2n) is 5.21. The highest BCUT2D eigenvalue weighted by molar-refractivity contribution is 7.00. The molecule has 0 radical (unpaired) electrons. The van der Waals surface area contributed by atoms with E-state index in [-0.39, 0.29) is 12.5 Å². The smallest absolute Gasteiger partial charge is 0.262 e. The van der Waals surface area contributed by atoms with Crippen LogP contribution in [0.3, 0.4) is 0 Å². The van der Waals surface area contributed by atoms with Gasteiger partial charge in [0.05, 0.1) is 22.4 Å². The second kappa shape index (κ2) is 6.52. The van der Waals surface area contributed by atoms with Crippen LogP contribution in [0.5, 0.6) is 5.75 Å². The minimum absolute atomic E-state index is 0.104. The Morgan fingerprint density at radius 2 is 1.96 bits per heavy atom. The number of aromatic nitrogens is 2. The number of benzene rings is 2. The van der Waals surface area contributed by atoms with Crippen LogP contribution in [0.1, 0.15) is 11.1 Å². The van der Waals surface area contributed by atoms with E-state index in [1.165, 1.54) is 0 Å². The van der Waals surface area contributed by atoms with E-state index in [0.29, 0.717) is 27.5 Å². The molecule has 0 unspecified atom stereocenters. The first-order chi connectivity index (χ1) is 11.0. The third kappa shape index (κ3) is 3.60. The molecule has 1 heterocycles. The van der Waals surface area contributed by atoms with Gasteiger partial charge in [0.1, 0.15) is 16.8 Å². The van der Waals surface area contributed by atoms with Crippen LogP contribution >= 0.6 is 23.3 Å². The maximum absolute atomic E-state index is 12.1. The van der Waals surface area contributed by atoms with Crippen LogP contribution in [0.2, 0.25) is 5.02 Å². The Hall–Kier alpha value is -2.18.